The van der Waals surface area contributed by atoms with Crippen molar-refractivity contribution >= 4 is 15.7 Å². The molecular weight excluding hydrogens is 216 g/mol. The minimum atomic E-state index is -3.45. The Hall–Kier alpha value is -1.27. The summed E-state index contributed by atoms with van der Waals surface area (Å²) in [5, 5.41) is 0. The zero-order valence-corrected chi connectivity index (χ0v) is 9.12. The number of nitrogen functional groups attached to an aromatic ring is 1. The lowest BCUT2D eigenvalue weighted by atomic mass is 10.3. The molecule has 15 heavy (non-hydrogen) atoms. The van der Waals surface area contributed by atoms with Gasteiger partial charge in [0.25, 0.3) is 0 Å². The second-order valence-corrected chi connectivity index (χ2v) is 5.39. The molecule has 2 rings (SSSR count). The standard InChI is InChI=1S/C9H12N2O3S/c1-11-4-5-14-8-3-2-7(10)6-9(8)15(11,12)13/h2-3,6H,4-5,10H2,1H3. The molecular formula is C9H12N2O3S. The second kappa shape index (κ2) is 3.39. The fourth-order valence-corrected chi connectivity index (χ4v) is 2.73. The van der Waals surface area contributed by atoms with E-state index >= 15 is 0 Å². The third kappa shape index (κ3) is 1.66. The Bertz CT molecular complexity index is 484. The van der Waals surface area contributed by atoms with Crippen LogP contribution in [0.1, 0.15) is 0 Å². The van der Waals surface area contributed by atoms with Crippen LogP contribution in [0.5, 0.6) is 5.75 Å². The van der Waals surface area contributed by atoms with E-state index in [0.717, 1.165) is 0 Å². The average Bonchev–Trinajstić information content (AvgIpc) is 2.28. The smallest absolute Gasteiger partial charge is 0.246 e. The molecule has 0 aromatic heterocycles. The predicted molar refractivity (Wildman–Crippen MR) is 56.2 cm³/mol. The summed E-state index contributed by atoms with van der Waals surface area (Å²) in [5.41, 5.74) is 5.97. The maximum Gasteiger partial charge on any atom is 0.246 e. The monoisotopic (exact) mass is 228 g/mol. The molecule has 1 aliphatic heterocycles. The van der Waals surface area contributed by atoms with E-state index in [9.17, 15) is 8.42 Å². The first-order valence-electron chi connectivity index (χ1n) is 4.50. The first-order valence-corrected chi connectivity index (χ1v) is 5.94. The molecule has 1 aromatic carbocycles. The molecule has 5 nitrogen and oxygen atoms in total. The van der Waals surface area contributed by atoms with Crippen molar-refractivity contribution in [3.63, 3.8) is 0 Å². The molecule has 0 bridgehead atoms. The van der Waals surface area contributed by atoms with Crippen LogP contribution in [0, 0.1) is 0 Å². The second-order valence-electron chi connectivity index (χ2n) is 3.38. The Morgan fingerprint density at radius 2 is 2.20 bits per heavy atom. The molecule has 0 saturated heterocycles. The van der Waals surface area contributed by atoms with Crippen LogP contribution in [0.2, 0.25) is 0 Å². The summed E-state index contributed by atoms with van der Waals surface area (Å²) in [6, 6.07) is 4.63. The number of ether oxygens (including phenoxy) is 1. The van der Waals surface area contributed by atoms with Crippen molar-refractivity contribution in [1.82, 2.24) is 4.31 Å². The maximum atomic E-state index is 12.0. The first kappa shape index (κ1) is 10.3. The number of nitrogens with two attached hydrogens (primary N) is 1. The number of anilines is 1. The summed E-state index contributed by atoms with van der Waals surface area (Å²) in [7, 11) is -1.93. The van der Waals surface area contributed by atoms with Gasteiger partial charge in [-0.1, -0.05) is 0 Å². The zero-order valence-electron chi connectivity index (χ0n) is 8.30. The molecule has 0 aliphatic carbocycles. The van der Waals surface area contributed by atoms with Crippen LogP contribution >= 0.6 is 0 Å². The molecule has 1 aliphatic rings. The van der Waals surface area contributed by atoms with Crippen molar-refractivity contribution in [3.05, 3.63) is 18.2 Å². The molecule has 0 radical (unpaired) electrons. The number of hydrogen-bond acceptors (Lipinski definition) is 4. The fourth-order valence-electron chi connectivity index (χ4n) is 1.42. The van der Waals surface area contributed by atoms with Gasteiger partial charge in [0.15, 0.2) is 0 Å². The highest BCUT2D eigenvalue weighted by molar-refractivity contribution is 7.89. The van der Waals surface area contributed by atoms with Crippen molar-refractivity contribution in [3.8, 4) is 5.75 Å². The number of likely N-dealkylation sites (N-methyl/N-ethyl adjacent to an activating group) is 1. The van der Waals surface area contributed by atoms with Gasteiger partial charge in [-0.15, -0.1) is 0 Å². The lowest BCUT2D eigenvalue weighted by Gasteiger charge is -2.12. The Morgan fingerprint density at radius 1 is 1.47 bits per heavy atom. The largest absolute Gasteiger partial charge is 0.491 e. The normalized spacial score (nSPS) is 20.1. The zero-order chi connectivity index (χ0) is 11.1. The molecule has 1 aromatic rings. The Labute approximate surface area is 88.5 Å². The Balaban J connectivity index is 2.66. The summed E-state index contributed by atoms with van der Waals surface area (Å²) in [6.45, 7) is 0.698. The molecule has 0 saturated carbocycles. The van der Waals surface area contributed by atoms with E-state index in [0.29, 0.717) is 24.6 Å². The molecule has 1 heterocycles. The van der Waals surface area contributed by atoms with E-state index < -0.39 is 10.0 Å². The van der Waals surface area contributed by atoms with E-state index in [1.807, 2.05) is 0 Å². The Kier molecular flexibility index (Phi) is 2.32. The third-order valence-electron chi connectivity index (χ3n) is 2.32. The van der Waals surface area contributed by atoms with Gasteiger partial charge in [0, 0.05) is 19.3 Å². The summed E-state index contributed by atoms with van der Waals surface area (Å²) in [4.78, 5) is 0.141. The van der Waals surface area contributed by atoms with E-state index in [1.165, 1.54) is 17.4 Å². The maximum absolute atomic E-state index is 12.0. The van der Waals surface area contributed by atoms with Gasteiger partial charge in [-0.05, 0) is 18.2 Å². The van der Waals surface area contributed by atoms with Gasteiger partial charge in [-0.25, -0.2) is 8.42 Å². The number of nitrogens with zero attached hydrogens (tertiary/aromatic N) is 1. The van der Waals surface area contributed by atoms with E-state index in [1.54, 1.807) is 12.1 Å². The molecule has 0 atom stereocenters. The number of rotatable bonds is 0. The van der Waals surface area contributed by atoms with E-state index in [-0.39, 0.29) is 4.90 Å². The van der Waals surface area contributed by atoms with Gasteiger partial charge in [0.1, 0.15) is 17.3 Å². The highest BCUT2D eigenvalue weighted by Crippen LogP contribution is 2.30. The Morgan fingerprint density at radius 3 is 2.93 bits per heavy atom. The van der Waals surface area contributed by atoms with Crippen LogP contribution in [-0.4, -0.2) is 32.9 Å². The third-order valence-corrected chi connectivity index (χ3v) is 4.20. The van der Waals surface area contributed by atoms with Gasteiger partial charge in [-0.3, -0.25) is 0 Å². The average molecular weight is 228 g/mol. The van der Waals surface area contributed by atoms with Crippen molar-refractivity contribution in [2.24, 2.45) is 0 Å². The van der Waals surface area contributed by atoms with Crippen LogP contribution in [0.3, 0.4) is 0 Å². The van der Waals surface area contributed by atoms with Gasteiger partial charge in [0.05, 0.1) is 0 Å². The molecule has 0 unspecified atom stereocenters. The lowest BCUT2D eigenvalue weighted by molar-refractivity contribution is 0.293. The SMILES string of the molecule is CN1CCOc2ccc(N)cc2S1(=O)=O. The number of sulfonamides is 1. The van der Waals surface area contributed by atoms with Gasteiger partial charge < -0.3 is 10.5 Å². The lowest BCUT2D eigenvalue weighted by Crippen LogP contribution is -2.28. The fraction of sp³-hybridized carbons (Fsp3) is 0.333. The number of benzene rings is 1. The van der Waals surface area contributed by atoms with Crippen molar-refractivity contribution < 1.29 is 13.2 Å². The minimum Gasteiger partial charge on any atom is -0.491 e. The van der Waals surface area contributed by atoms with Gasteiger partial charge >= 0.3 is 0 Å². The topological polar surface area (TPSA) is 72.6 Å². The summed E-state index contributed by atoms with van der Waals surface area (Å²) >= 11 is 0. The van der Waals surface area contributed by atoms with Crippen LogP contribution in [-0.2, 0) is 10.0 Å². The summed E-state index contributed by atoms with van der Waals surface area (Å²) in [6.07, 6.45) is 0. The highest BCUT2D eigenvalue weighted by Gasteiger charge is 2.27. The van der Waals surface area contributed by atoms with Gasteiger partial charge in [-0.2, -0.15) is 4.31 Å². The molecule has 0 spiro atoms. The van der Waals surface area contributed by atoms with Crippen molar-refractivity contribution in [2.45, 2.75) is 4.90 Å². The van der Waals surface area contributed by atoms with Gasteiger partial charge in [0.2, 0.25) is 10.0 Å². The molecule has 82 valence electrons. The molecule has 2 N–H and O–H groups in total. The molecule has 0 fully saturated rings. The summed E-state index contributed by atoms with van der Waals surface area (Å²) < 4.78 is 30.5. The number of hydrogen-bond donors (Lipinski definition) is 1. The predicted octanol–water partition coefficient (Wildman–Crippen LogP) is 0.282. The van der Waals surface area contributed by atoms with Crippen LogP contribution < -0.4 is 10.5 Å². The van der Waals surface area contributed by atoms with Crippen molar-refractivity contribution in [2.75, 3.05) is 25.9 Å². The highest BCUT2D eigenvalue weighted by atomic mass is 32.2. The van der Waals surface area contributed by atoms with Crippen molar-refractivity contribution in [1.29, 1.82) is 0 Å². The van der Waals surface area contributed by atoms with Crippen LogP contribution in [0.4, 0.5) is 5.69 Å². The minimum absolute atomic E-state index is 0.141. The van der Waals surface area contributed by atoms with E-state index in [4.69, 9.17) is 10.5 Å². The van der Waals surface area contributed by atoms with E-state index in [2.05, 4.69) is 0 Å². The quantitative estimate of drug-likeness (QED) is 0.647. The summed E-state index contributed by atoms with van der Waals surface area (Å²) in [5.74, 6) is 0.369. The van der Waals surface area contributed by atoms with Crippen LogP contribution in [0.25, 0.3) is 0 Å². The van der Waals surface area contributed by atoms with Crippen LogP contribution in [0.15, 0.2) is 23.1 Å². The number of fused-ring (bicyclic) bond motifs is 1. The first-order chi connectivity index (χ1) is 7.01. The molecule has 0 amide bonds. The molecule has 6 heteroatoms.